The molecule has 16 heavy (non-hydrogen) atoms. The topological polar surface area (TPSA) is 52.3 Å². The van der Waals surface area contributed by atoms with E-state index in [1.807, 2.05) is 32.0 Å². The summed E-state index contributed by atoms with van der Waals surface area (Å²) in [6.45, 7) is 7.89. The molecule has 0 radical (unpaired) electrons. The molecule has 0 saturated carbocycles. The number of carbonyl (C=O) groups excluding carboxylic acids is 1. The van der Waals surface area contributed by atoms with Crippen molar-refractivity contribution >= 4 is 5.91 Å². The number of rotatable bonds is 4. The molecule has 0 aromatic heterocycles. The summed E-state index contributed by atoms with van der Waals surface area (Å²) in [5, 5.41) is 0. The molecule has 1 aromatic rings. The van der Waals surface area contributed by atoms with Crippen molar-refractivity contribution in [2.24, 2.45) is 11.1 Å². The molecule has 3 heteroatoms. The van der Waals surface area contributed by atoms with Gasteiger partial charge in [0.2, 0.25) is 5.91 Å². The van der Waals surface area contributed by atoms with Crippen LogP contribution in [-0.2, 0) is 4.79 Å². The third-order valence-electron chi connectivity index (χ3n) is 2.81. The highest BCUT2D eigenvalue weighted by atomic mass is 16.5. The third-order valence-corrected chi connectivity index (χ3v) is 2.81. The third kappa shape index (κ3) is 2.75. The van der Waals surface area contributed by atoms with Gasteiger partial charge in [-0.1, -0.05) is 12.1 Å². The van der Waals surface area contributed by atoms with E-state index >= 15 is 0 Å². The SMILES string of the molecule is Cc1cccc(OCC(C)(C)C(N)=O)c1C. The molecule has 0 aliphatic carbocycles. The number of nitrogens with two attached hydrogens (primary N) is 1. The molecule has 1 rings (SSSR count). The smallest absolute Gasteiger partial charge is 0.226 e. The van der Waals surface area contributed by atoms with Gasteiger partial charge >= 0.3 is 0 Å². The molecule has 88 valence electrons. The first-order valence-corrected chi connectivity index (χ1v) is 5.33. The number of primary amides is 1. The van der Waals surface area contributed by atoms with Crippen LogP contribution in [0.4, 0.5) is 0 Å². The minimum absolute atomic E-state index is 0.298. The van der Waals surface area contributed by atoms with E-state index in [1.54, 1.807) is 13.8 Å². The van der Waals surface area contributed by atoms with Crippen LogP contribution in [0.15, 0.2) is 18.2 Å². The minimum atomic E-state index is -0.643. The summed E-state index contributed by atoms with van der Waals surface area (Å²) in [5.74, 6) is 0.465. The lowest BCUT2D eigenvalue weighted by atomic mass is 9.94. The lowest BCUT2D eigenvalue weighted by Gasteiger charge is -2.21. The summed E-state index contributed by atoms with van der Waals surface area (Å²) in [6.07, 6.45) is 0. The summed E-state index contributed by atoms with van der Waals surface area (Å²) in [4.78, 5) is 11.1. The fourth-order valence-electron chi connectivity index (χ4n) is 1.21. The summed E-state index contributed by atoms with van der Waals surface area (Å²) in [6, 6.07) is 5.87. The molecule has 0 aliphatic rings. The zero-order chi connectivity index (χ0) is 12.3. The number of hydrogen-bond donors (Lipinski definition) is 1. The Bertz CT molecular complexity index is 397. The van der Waals surface area contributed by atoms with Gasteiger partial charge in [0.05, 0.1) is 5.41 Å². The Labute approximate surface area is 96.6 Å². The van der Waals surface area contributed by atoms with Crippen LogP contribution in [0.3, 0.4) is 0 Å². The van der Waals surface area contributed by atoms with E-state index in [2.05, 4.69) is 0 Å². The van der Waals surface area contributed by atoms with Crippen LogP contribution in [0.2, 0.25) is 0 Å². The maximum absolute atomic E-state index is 11.1. The second-order valence-corrected chi connectivity index (χ2v) is 4.73. The Balaban J connectivity index is 2.76. The Hall–Kier alpha value is -1.51. The van der Waals surface area contributed by atoms with Crippen molar-refractivity contribution in [1.82, 2.24) is 0 Å². The van der Waals surface area contributed by atoms with Crippen LogP contribution in [0, 0.1) is 19.3 Å². The summed E-state index contributed by atoms with van der Waals surface area (Å²) >= 11 is 0. The van der Waals surface area contributed by atoms with Gasteiger partial charge in [0.25, 0.3) is 0 Å². The van der Waals surface area contributed by atoms with Crippen molar-refractivity contribution < 1.29 is 9.53 Å². The molecule has 0 aliphatic heterocycles. The standard InChI is InChI=1S/C13H19NO2/c1-9-6-5-7-11(10(9)2)16-8-13(3,4)12(14)15/h5-7H,8H2,1-4H3,(H2,14,15). The van der Waals surface area contributed by atoms with Crippen LogP contribution in [0.1, 0.15) is 25.0 Å². The van der Waals surface area contributed by atoms with Crippen LogP contribution in [-0.4, -0.2) is 12.5 Å². The van der Waals surface area contributed by atoms with Crippen LogP contribution in [0.25, 0.3) is 0 Å². The fraction of sp³-hybridized carbons (Fsp3) is 0.462. The van der Waals surface area contributed by atoms with Crippen molar-refractivity contribution in [3.8, 4) is 5.75 Å². The Morgan fingerprint density at radius 2 is 2.00 bits per heavy atom. The molecule has 1 aromatic carbocycles. The second-order valence-electron chi connectivity index (χ2n) is 4.73. The molecule has 2 N–H and O–H groups in total. The average molecular weight is 221 g/mol. The highest BCUT2D eigenvalue weighted by molar-refractivity contribution is 5.80. The van der Waals surface area contributed by atoms with Crippen molar-refractivity contribution in [2.75, 3.05) is 6.61 Å². The zero-order valence-corrected chi connectivity index (χ0v) is 10.3. The second kappa shape index (κ2) is 4.56. The van der Waals surface area contributed by atoms with Crippen molar-refractivity contribution in [3.05, 3.63) is 29.3 Å². The van der Waals surface area contributed by atoms with Gasteiger partial charge < -0.3 is 10.5 Å². The van der Waals surface area contributed by atoms with E-state index in [4.69, 9.17) is 10.5 Å². The zero-order valence-electron chi connectivity index (χ0n) is 10.3. The summed E-state index contributed by atoms with van der Waals surface area (Å²) in [5.41, 5.74) is 6.92. The van der Waals surface area contributed by atoms with Crippen LogP contribution < -0.4 is 10.5 Å². The number of aryl methyl sites for hydroxylation is 1. The van der Waals surface area contributed by atoms with Crippen LogP contribution in [0.5, 0.6) is 5.75 Å². The largest absolute Gasteiger partial charge is 0.492 e. The van der Waals surface area contributed by atoms with Gasteiger partial charge in [-0.15, -0.1) is 0 Å². The van der Waals surface area contributed by atoms with Crippen molar-refractivity contribution in [1.29, 1.82) is 0 Å². The summed E-state index contributed by atoms with van der Waals surface area (Å²) < 4.78 is 5.64. The molecule has 0 heterocycles. The van der Waals surface area contributed by atoms with Crippen molar-refractivity contribution in [3.63, 3.8) is 0 Å². The molecule has 0 bridgehead atoms. The van der Waals surface area contributed by atoms with Gasteiger partial charge in [-0.25, -0.2) is 0 Å². The Morgan fingerprint density at radius 1 is 1.38 bits per heavy atom. The highest BCUT2D eigenvalue weighted by Gasteiger charge is 2.26. The lowest BCUT2D eigenvalue weighted by molar-refractivity contribution is -0.127. The van der Waals surface area contributed by atoms with Gasteiger partial charge in [0, 0.05) is 0 Å². The summed E-state index contributed by atoms with van der Waals surface area (Å²) in [7, 11) is 0. The number of hydrogen-bond acceptors (Lipinski definition) is 2. The number of ether oxygens (including phenoxy) is 1. The number of amides is 1. The first-order valence-electron chi connectivity index (χ1n) is 5.33. The first-order chi connectivity index (χ1) is 7.34. The minimum Gasteiger partial charge on any atom is -0.492 e. The fourth-order valence-corrected chi connectivity index (χ4v) is 1.21. The van der Waals surface area contributed by atoms with E-state index in [0.29, 0.717) is 6.61 Å². The number of benzene rings is 1. The van der Waals surface area contributed by atoms with Crippen molar-refractivity contribution in [2.45, 2.75) is 27.7 Å². The predicted octanol–water partition coefficient (Wildman–Crippen LogP) is 2.19. The Kier molecular flexibility index (Phi) is 3.58. The predicted molar refractivity (Wildman–Crippen MR) is 64.4 cm³/mol. The van der Waals surface area contributed by atoms with Gasteiger partial charge in [-0.2, -0.15) is 0 Å². The maximum atomic E-state index is 11.1. The van der Waals surface area contributed by atoms with Gasteiger partial charge in [0.15, 0.2) is 0 Å². The normalized spacial score (nSPS) is 11.2. The highest BCUT2D eigenvalue weighted by Crippen LogP contribution is 2.23. The molecular weight excluding hydrogens is 202 g/mol. The van der Waals surface area contributed by atoms with Gasteiger partial charge in [-0.05, 0) is 44.9 Å². The first kappa shape index (κ1) is 12.6. The van der Waals surface area contributed by atoms with E-state index in [-0.39, 0.29) is 5.91 Å². The Morgan fingerprint density at radius 3 is 2.56 bits per heavy atom. The van der Waals surface area contributed by atoms with E-state index in [1.165, 1.54) is 5.56 Å². The lowest BCUT2D eigenvalue weighted by Crippen LogP contribution is -2.36. The molecule has 3 nitrogen and oxygen atoms in total. The van der Waals surface area contributed by atoms with E-state index in [9.17, 15) is 4.79 Å². The molecule has 0 spiro atoms. The van der Waals surface area contributed by atoms with Crippen LogP contribution >= 0.6 is 0 Å². The molecular formula is C13H19NO2. The van der Waals surface area contributed by atoms with E-state index < -0.39 is 5.41 Å². The average Bonchev–Trinajstić information content (AvgIpc) is 2.20. The van der Waals surface area contributed by atoms with Gasteiger partial charge in [0.1, 0.15) is 12.4 Å². The molecule has 0 saturated heterocycles. The monoisotopic (exact) mass is 221 g/mol. The molecule has 1 amide bonds. The number of carbonyl (C=O) groups is 1. The molecule has 0 atom stereocenters. The quantitative estimate of drug-likeness (QED) is 0.847. The molecule has 0 unspecified atom stereocenters. The molecule has 0 fully saturated rings. The van der Waals surface area contributed by atoms with E-state index in [0.717, 1.165) is 11.3 Å². The van der Waals surface area contributed by atoms with Gasteiger partial charge in [-0.3, -0.25) is 4.79 Å². The maximum Gasteiger partial charge on any atom is 0.226 e.